The van der Waals surface area contributed by atoms with Crippen molar-refractivity contribution in [2.75, 3.05) is 25.4 Å². The molecule has 23 heavy (non-hydrogen) atoms. The second-order valence-corrected chi connectivity index (χ2v) is 8.05. The average molecular weight is 352 g/mol. The summed E-state index contributed by atoms with van der Waals surface area (Å²) in [4.78, 5) is 2.46. The van der Waals surface area contributed by atoms with E-state index in [9.17, 15) is 8.42 Å². The summed E-state index contributed by atoms with van der Waals surface area (Å²) in [5.74, 6) is 0.912. The first-order valence-electron chi connectivity index (χ1n) is 7.46. The van der Waals surface area contributed by atoms with E-state index in [4.69, 9.17) is 16.3 Å². The molecule has 1 aliphatic heterocycles. The van der Waals surface area contributed by atoms with Crippen molar-refractivity contribution in [3.8, 4) is 5.75 Å². The molecule has 0 N–H and O–H groups in total. The minimum Gasteiger partial charge on any atom is -0.492 e. The van der Waals surface area contributed by atoms with Gasteiger partial charge in [0.15, 0.2) is 9.84 Å². The van der Waals surface area contributed by atoms with Crippen molar-refractivity contribution in [3.63, 3.8) is 0 Å². The van der Waals surface area contributed by atoms with Crippen LogP contribution in [0.5, 0.6) is 5.75 Å². The van der Waals surface area contributed by atoms with Crippen molar-refractivity contribution in [1.82, 2.24) is 4.90 Å². The minimum absolute atomic E-state index is 0.0902. The molecule has 0 atom stereocenters. The van der Waals surface area contributed by atoms with Gasteiger partial charge in [0, 0.05) is 30.2 Å². The van der Waals surface area contributed by atoms with Crippen LogP contribution < -0.4 is 4.74 Å². The molecule has 0 aromatic heterocycles. The Hall–Kier alpha value is -1.56. The summed E-state index contributed by atoms with van der Waals surface area (Å²) >= 11 is 6.04. The summed E-state index contributed by atoms with van der Waals surface area (Å²) < 4.78 is 30.5. The van der Waals surface area contributed by atoms with Crippen LogP contribution in [0.3, 0.4) is 0 Å². The van der Waals surface area contributed by atoms with Crippen LogP contribution in [0, 0.1) is 0 Å². The Labute approximate surface area is 141 Å². The van der Waals surface area contributed by atoms with E-state index in [-0.39, 0.29) is 5.75 Å². The molecule has 2 aromatic carbocycles. The van der Waals surface area contributed by atoms with Gasteiger partial charge in [-0.3, -0.25) is 4.90 Å². The first-order chi connectivity index (χ1) is 11.0. The number of nitrogens with zero attached hydrogens (tertiary/aromatic N) is 1. The van der Waals surface area contributed by atoms with Gasteiger partial charge in [-0.15, -0.1) is 0 Å². The Bertz CT molecular complexity index is 778. The Morgan fingerprint density at radius 3 is 2.70 bits per heavy atom. The van der Waals surface area contributed by atoms with Crippen LogP contribution in [0.2, 0.25) is 5.02 Å². The highest BCUT2D eigenvalue weighted by molar-refractivity contribution is 7.91. The van der Waals surface area contributed by atoms with Gasteiger partial charge in [0.1, 0.15) is 12.4 Å². The number of hydrogen-bond acceptors (Lipinski definition) is 4. The van der Waals surface area contributed by atoms with E-state index in [1.54, 1.807) is 30.3 Å². The molecule has 0 unspecified atom stereocenters. The average Bonchev–Trinajstić information content (AvgIpc) is 2.75. The van der Waals surface area contributed by atoms with Crippen molar-refractivity contribution in [2.45, 2.75) is 11.4 Å². The predicted molar refractivity (Wildman–Crippen MR) is 90.7 cm³/mol. The van der Waals surface area contributed by atoms with Gasteiger partial charge in [-0.2, -0.15) is 0 Å². The molecule has 0 fully saturated rings. The number of rotatable bonds is 4. The van der Waals surface area contributed by atoms with E-state index in [2.05, 4.69) is 4.90 Å². The number of halogens is 1. The standard InChI is InChI=1S/C17H18ClNO3S/c18-15-6-7-17-14(12-15)13-19(8-10-22-17)9-11-23(20,21)16-4-2-1-3-5-16/h1-7,12H,8-11,13H2. The smallest absolute Gasteiger partial charge is 0.179 e. The Morgan fingerprint density at radius 1 is 1.13 bits per heavy atom. The van der Waals surface area contributed by atoms with Crippen LogP contribution in [-0.2, 0) is 16.4 Å². The number of fused-ring (bicyclic) bond motifs is 1. The molecule has 2 aromatic rings. The lowest BCUT2D eigenvalue weighted by Crippen LogP contribution is -2.31. The molecule has 6 heteroatoms. The van der Waals surface area contributed by atoms with Gasteiger partial charge in [-0.05, 0) is 30.3 Å². The fourth-order valence-corrected chi connectivity index (χ4v) is 4.10. The molecular formula is C17H18ClNO3S. The first kappa shape index (κ1) is 16.3. The van der Waals surface area contributed by atoms with E-state index in [0.717, 1.165) is 11.3 Å². The number of benzene rings is 2. The molecule has 0 spiro atoms. The molecule has 0 bridgehead atoms. The van der Waals surface area contributed by atoms with Crippen LogP contribution in [0.15, 0.2) is 53.4 Å². The lowest BCUT2D eigenvalue weighted by Gasteiger charge is -2.19. The van der Waals surface area contributed by atoms with Gasteiger partial charge in [0.2, 0.25) is 0 Å². The molecule has 1 heterocycles. The van der Waals surface area contributed by atoms with E-state index in [0.29, 0.717) is 36.2 Å². The summed E-state index contributed by atoms with van der Waals surface area (Å²) in [5, 5.41) is 0.658. The maximum absolute atomic E-state index is 12.4. The zero-order valence-electron chi connectivity index (χ0n) is 12.6. The molecule has 1 aliphatic rings. The summed E-state index contributed by atoms with van der Waals surface area (Å²) in [6, 6.07) is 14.1. The highest BCUT2D eigenvalue weighted by Crippen LogP contribution is 2.26. The van der Waals surface area contributed by atoms with Gasteiger partial charge in [0.25, 0.3) is 0 Å². The van der Waals surface area contributed by atoms with Gasteiger partial charge < -0.3 is 4.74 Å². The summed E-state index contributed by atoms with van der Waals surface area (Å²) in [5.41, 5.74) is 0.993. The topological polar surface area (TPSA) is 46.6 Å². The van der Waals surface area contributed by atoms with Gasteiger partial charge in [0.05, 0.1) is 10.6 Å². The Balaban J connectivity index is 1.69. The number of ether oxygens (including phenoxy) is 1. The highest BCUT2D eigenvalue weighted by atomic mass is 35.5. The lowest BCUT2D eigenvalue weighted by molar-refractivity contribution is 0.235. The maximum Gasteiger partial charge on any atom is 0.179 e. The lowest BCUT2D eigenvalue weighted by atomic mass is 10.2. The molecule has 122 valence electrons. The van der Waals surface area contributed by atoms with E-state index >= 15 is 0 Å². The SMILES string of the molecule is O=S(=O)(CCN1CCOc2ccc(Cl)cc2C1)c1ccccc1. The van der Waals surface area contributed by atoms with Crippen molar-refractivity contribution in [3.05, 3.63) is 59.1 Å². The summed E-state index contributed by atoms with van der Waals surface area (Å²) in [6.07, 6.45) is 0. The molecule has 3 rings (SSSR count). The molecule has 0 aliphatic carbocycles. The van der Waals surface area contributed by atoms with E-state index in [1.165, 1.54) is 0 Å². The Kier molecular flexibility index (Phi) is 4.90. The second kappa shape index (κ2) is 6.91. The predicted octanol–water partition coefficient (Wildman–Crippen LogP) is 3.01. The van der Waals surface area contributed by atoms with Crippen LogP contribution in [0.25, 0.3) is 0 Å². The summed E-state index contributed by atoms with van der Waals surface area (Å²) in [6.45, 7) is 2.34. The first-order valence-corrected chi connectivity index (χ1v) is 9.49. The zero-order chi connectivity index (χ0) is 16.3. The molecule has 0 saturated carbocycles. The molecule has 4 nitrogen and oxygen atoms in total. The Morgan fingerprint density at radius 2 is 1.91 bits per heavy atom. The van der Waals surface area contributed by atoms with Crippen molar-refractivity contribution in [1.29, 1.82) is 0 Å². The van der Waals surface area contributed by atoms with Crippen LogP contribution in [0.4, 0.5) is 0 Å². The fraction of sp³-hybridized carbons (Fsp3) is 0.294. The number of sulfone groups is 1. The van der Waals surface area contributed by atoms with Crippen LogP contribution in [0.1, 0.15) is 5.56 Å². The molecular weight excluding hydrogens is 334 g/mol. The van der Waals surface area contributed by atoms with Gasteiger partial charge in [-0.1, -0.05) is 29.8 Å². The quantitative estimate of drug-likeness (QED) is 0.849. The molecule has 0 saturated heterocycles. The largest absolute Gasteiger partial charge is 0.492 e. The normalized spacial score (nSPS) is 15.5. The van der Waals surface area contributed by atoms with Crippen molar-refractivity contribution >= 4 is 21.4 Å². The van der Waals surface area contributed by atoms with Crippen LogP contribution >= 0.6 is 11.6 Å². The van der Waals surface area contributed by atoms with Crippen LogP contribution in [-0.4, -0.2) is 38.8 Å². The van der Waals surface area contributed by atoms with Gasteiger partial charge >= 0.3 is 0 Å². The highest BCUT2D eigenvalue weighted by Gasteiger charge is 2.19. The third-order valence-corrected chi connectivity index (χ3v) is 5.81. The second-order valence-electron chi connectivity index (χ2n) is 5.51. The van der Waals surface area contributed by atoms with E-state index < -0.39 is 9.84 Å². The molecule has 0 amide bonds. The third-order valence-electron chi connectivity index (χ3n) is 3.86. The monoisotopic (exact) mass is 351 g/mol. The molecule has 0 radical (unpaired) electrons. The third kappa shape index (κ3) is 4.05. The summed E-state index contributed by atoms with van der Waals surface area (Å²) in [7, 11) is -3.27. The zero-order valence-corrected chi connectivity index (χ0v) is 14.2. The van der Waals surface area contributed by atoms with E-state index in [1.807, 2.05) is 18.2 Å². The maximum atomic E-state index is 12.4. The van der Waals surface area contributed by atoms with Gasteiger partial charge in [-0.25, -0.2) is 8.42 Å². The fourth-order valence-electron chi connectivity index (χ4n) is 2.60. The minimum atomic E-state index is -3.27. The number of hydrogen-bond donors (Lipinski definition) is 0. The van der Waals surface area contributed by atoms with Crippen molar-refractivity contribution < 1.29 is 13.2 Å². The van der Waals surface area contributed by atoms with Crippen molar-refractivity contribution in [2.24, 2.45) is 0 Å².